The van der Waals surface area contributed by atoms with Gasteiger partial charge in [-0.15, -0.1) is 0 Å². The van der Waals surface area contributed by atoms with Crippen LogP contribution in [0, 0.1) is 0 Å². The fraction of sp³-hybridized carbons (Fsp3) is 0.211. The van der Waals surface area contributed by atoms with E-state index in [0.29, 0.717) is 11.7 Å². The first-order valence-corrected chi connectivity index (χ1v) is 9.38. The smallest absolute Gasteiger partial charge is 0.311 e. The number of likely N-dealkylation sites (N-methyl/N-ethyl adjacent to an activating group) is 1. The Morgan fingerprint density at radius 2 is 1.75 bits per heavy atom. The van der Waals surface area contributed by atoms with Gasteiger partial charge in [0.1, 0.15) is 6.54 Å². The number of hydrogen-bond donors (Lipinski definition) is 0. The number of aromatic nitrogens is 3. The Balaban J connectivity index is 1.72. The Hall–Kier alpha value is -2.94. The maximum absolute atomic E-state index is 13.5. The summed E-state index contributed by atoms with van der Waals surface area (Å²) in [4.78, 5) is 22.4. The number of alkyl halides is 3. The van der Waals surface area contributed by atoms with Crippen LogP contribution in [0.4, 0.5) is 18.3 Å². The largest absolute Gasteiger partial charge is 0.449 e. The first-order chi connectivity index (χ1) is 13.4. The monoisotopic (exact) mass is 404 g/mol. The van der Waals surface area contributed by atoms with Gasteiger partial charge in [-0.25, -0.2) is 9.97 Å². The Bertz CT molecular complexity index is 1130. The number of fused-ring (bicyclic) bond motifs is 2. The van der Waals surface area contributed by atoms with E-state index in [1.165, 1.54) is 28.4 Å². The zero-order valence-corrected chi connectivity index (χ0v) is 15.6. The average Bonchev–Trinajstić information content (AvgIpc) is 3.24. The van der Waals surface area contributed by atoms with E-state index in [4.69, 9.17) is 0 Å². The molecule has 0 saturated carbocycles. The van der Waals surface area contributed by atoms with Crippen LogP contribution in [-0.2, 0) is 17.5 Å². The predicted molar refractivity (Wildman–Crippen MR) is 102 cm³/mol. The lowest BCUT2D eigenvalue weighted by atomic mass is 10.3. The molecule has 0 aliphatic heterocycles. The van der Waals surface area contributed by atoms with Crippen molar-refractivity contribution >= 4 is 43.6 Å². The zero-order valence-electron chi connectivity index (χ0n) is 14.8. The molecule has 144 valence electrons. The van der Waals surface area contributed by atoms with Gasteiger partial charge >= 0.3 is 6.18 Å². The van der Waals surface area contributed by atoms with Crippen LogP contribution in [0.1, 0.15) is 12.7 Å². The van der Waals surface area contributed by atoms with Crippen LogP contribution in [-0.4, -0.2) is 27.0 Å². The minimum atomic E-state index is -4.66. The third-order valence-corrected chi connectivity index (χ3v) is 5.39. The average molecular weight is 404 g/mol. The van der Waals surface area contributed by atoms with Gasteiger partial charge in [-0.05, 0) is 31.2 Å². The van der Waals surface area contributed by atoms with E-state index in [1.807, 2.05) is 24.3 Å². The molecule has 5 nitrogen and oxygen atoms in total. The number of benzene rings is 2. The van der Waals surface area contributed by atoms with E-state index < -0.39 is 24.5 Å². The van der Waals surface area contributed by atoms with Gasteiger partial charge < -0.3 is 4.57 Å². The highest BCUT2D eigenvalue weighted by molar-refractivity contribution is 7.22. The standard InChI is InChI=1S/C19H15F3N4OS/c1-2-25(18-24-13-8-4-6-10-15(13)28-18)16(27)11-26-14-9-5-3-7-12(14)23-17(26)19(20,21)22/h3-10H,2,11H2,1H3. The molecule has 4 rings (SSSR count). The maximum Gasteiger partial charge on any atom is 0.449 e. The first-order valence-electron chi connectivity index (χ1n) is 8.57. The molecular weight excluding hydrogens is 389 g/mol. The zero-order chi connectivity index (χ0) is 19.9. The molecule has 4 aromatic rings. The Morgan fingerprint density at radius 3 is 2.43 bits per heavy atom. The van der Waals surface area contributed by atoms with Crippen LogP contribution in [0.15, 0.2) is 48.5 Å². The van der Waals surface area contributed by atoms with Gasteiger partial charge in [0, 0.05) is 6.54 Å². The molecule has 0 atom stereocenters. The highest BCUT2D eigenvalue weighted by atomic mass is 32.1. The molecular formula is C19H15F3N4OS. The number of amides is 1. The summed E-state index contributed by atoms with van der Waals surface area (Å²) in [6.45, 7) is 1.59. The topological polar surface area (TPSA) is 51.0 Å². The van der Waals surface area contributed by atoms with Crippen molar-refractivity contribution in [3.63, 3.8) is 0 Å². The van der Waals surface area contributed by atoms with Crippen molar-refractivity contribution in [3.05, 3.63) is 54.4 Å². The number of carbonyl (C=O) groups excluding carboxylic acids is 1. The summed E-state index contributed by atoms with van der Waals surface area (Å²) in [5, 5.41) is 0.465. The molecule has 2 heterocycles. The van der Waals surface area contributed by atoms with E-state index in [9.17, 15) is 18.0 Å². The summed E-state index contributed by atoms with van der Waals surface area (Å²) < 4.78 is 42.2. The van der Waals surface area contributed by atoms with Crippen molar-refractivity contribution in [3.8, 4) is 0 Å². The van der Waals surface area contributed by atoms with Crippen molar-refractivity contribution in [1.29, 1.82) is 0 Å². The number of anilines is 1. The Kier molecular flexibility index (Phi) is 4.54. The van der Waals surface area contributed by atoms with Gasteiger partial charge in [0.2, 0.25) is 11.7 Å². The second kappa shape index (κ2) is 6.90. The van der Waals surface area contributed by atoms with Gasteiger partial charge in [-0.2, -0.15) is 13.2 Å². The number of carbonyl (C=O) groups is 1. The number of imidazole rings is 1. The number of para-hydroxylation sites is 3. The van der Waals surface area contributed by atoms with Crippen LogP contribution >= 0.6 is 11.3 Å². The molecule has 0 fully saturated rings. The van der Waals surface area contributed by atoms with Gasteiger partial charge in [0.05, 0.1) is 21.3 Å². The molecule has 0 spiro atoms. The normalized spacial score (nSPS) is 12.0. The summed E-state index contributed by atoms with van der Waals surface area (Å²) in [6, 6.07) is 13.7. The lowest BCUT2D eigenvalue weighted by molar-refractivity contribution is -0.147. The van der Waals surface area contributed by atoms with Crippen LogP contribution in [0.5, 0.6) is 0 Å². The summed E-state index contributed by atoms with van der Waals surface area (Å²) in [5.41, 5.74) is 1.21. The van der Waals surface area contributed by atoms with Crippen molar-refractivity contribution in [1.82, 2.24) is 14.5 Å². The molecule has 0 saturated heterocycles. The third kappa shape index (κ3) is 3.22. The highest BCUT2D eigenvalue weighted by Gasteiger charge is 2.38. The molecule has 0 unspecified atom stereocenters. The fourth-order valence-electron chi connectivity index (χ4n) is 3.07. The predicted octanol–water partition coefficient (Wildman–Crippen LogP) is 4.72. The van der Waals surface area contributed by atoms with Crippen LogP contribution in [0.2, 0.25) is 0 Å². The third-order valence-electron chi connectivity index (χ3n) is 4.33. The number of hydrogen-bond acceptors (Lipinski definition) is 4. The van der Waals surface area contributed by atoms with Crippen molar-refractivity contribution in [2.45, 2.75) is 19.6 Å². The van der Waals surface area contributed by atoms with Crippen LogP contribution in [0.3, 0.4) is 0 Å². The molecule has 2 aromatic carbocycles. The van der Waals surface area contributed by atoms with Gasteiger partial charge in [-0.1, -0.05) is 35.6 Å². The molecule has 0 aliphatic carbocycles. The molecule has 1 amide bonds. The first kappa shape index (κ1) is 18.4. The maximum atomic E-state index is 13.5. The van der Waals surface area contributed by atoms with E-state index in [2.05, 4.69) is 9.97 Å². The number of nitrogens with zero attached hydrogens (tertiary/aromatic N) is 4. The molecule has 0 bridgehead atoms. The Labute approximate surface area is 162 Å². The molecule has 2 aromatic heterocycles. The lowest BCUT2D eigenvalue weighted by Gasteiger charge is -2.19. The summed E-state index contributed by atoms with van der Waals surface area (Å²) in [7, 11) is 0. The number of halogens is 3. The molecule has 0 N–H and O–H groups in total. The summed E-state index contributed by atoms with van der Waals surface area (Å²) >= 11 is 1.33. The SMILES string of the molecule is CCN(C(=O)Cn1c(C(F)(F)F)nc2ccccc21)c1nc2ccccc2s1. The fourth-order valence-corrected chi connectivity index (χ4v) is 4.11. The minimum absolute atomic E-state index is 0.200. The van der Waals surface area contributed by atoms with Crippen molar-refractivity contribution < 1.29 is 18.0 Å². The van der Waals surface area contributed by atoms with Gasteiger partial charge in [0.15, 0.2) is 5.13 Å². The summed E-state index contributed by atoms with van der Waals surface area (Å²) in [6.07, 6.45) is -4.66. The lowest BCUT2D eigenvalue weighted by Crippen LogP contribution is -2.34. The van der Waals surface area contributed by atoms with Crippen LogP contribution < -0.4 is 4.90 Å². The summed E-state index contributed by atoms with van der Waals surface area (Å²) in [5.74, 6) is -1.56. The second-order valence-corrected chi connectivity index (χ2v) is 7.12. The minimum Gasteiger partial charge on any atom is -0.311 e. The molecule has 0 aliphatic rings. The van der Waals surface area contributed by atoms with Crippen LogP contribution in [0.25, 0.3) is 21.3 Å². The van der Waals surface area contributed by atoms with Crippen molar-refractivity contribution in [2.24, 2.45) is 0 Å². The van der Waals surface area contributed by atoms with Gasteiger partial charge in [-0.3, -0.25) is 9.69 Å². The highest BCUT2D eigenvalue weighted by Crippen LogP contribution is 2.32. The molecule has 9 heteroatoms. The molecule has 28 heavy (non-hydrogen) atoms. The quantitative estimate of drug-likeness (QED) is 0.495. The Morgan fingerprint density at radius 1 is 1.07 bits per heavy atom. The van der Waals surface area contributed by atoms with Crippen molar-refractivity contribution in [2.75, 3.05) is 11.4 Å². The molecule has 0 radical (unpaired) electrons. The van der Waals surface area contributed by atoms with E-state index in [1.54, 1.807) is 19.1 Å². The number of rotatable bonds is 4. The van der Waals surface area contributed by atoms with E-state index in [-0.39, 0.29) is 11.0 Å². The second-order valence-electron chi connectivity index (χ2n) is 6.11. The van der Waals surface area contributed by atoms with E-state index >= 15 is 0 Å². The number of thiazole rings is 1. The van der Waals surface area contributed by atoms with Gasteiger partial charge in [0.25, 0.3) is 0 Å². The van der Waals surface area contributed by atoms with E-state index in [0.717, 1.165) is 14.8 Å².